The lowest BCUT2D eigenvalue weighted by Gasteiger charge is -2.31. The first-order valence-electron chi connectivity index (χ1n) is 11.5. The molecule has 0 radical (unpaired) electrons. The summed E-state index contributed by atoms with van der Waals surface area (Å²) < 4.78 is 0. The van der Waals surface area contributed by atoms with Gasteiger partial charge in [-0.2, -0.15) is 0 Å². The van der Waals surface area contributed by atoms with Gasteiger partial charge in [0.1, 0.15) is 6.04 Å². The van der Waals surface area contributed by atoms with Gasteiger partial charge < -0.3 is 10.2 Å². The number of carbonyl (C=O) groups is 2. The third-order valence-corrected chi connectivity index (χ3v) is 7.38. The maximum atomic E-state index is 13.2. The van der Waals surface area contributed by atoms with Crippen LogP contribution in [0.5, 0.6) is 0 Å². The highest BCUT2D eigenvalue weighted by atomic mass is 35.5. The SMILES string of the molecule is C[C@H](C(=O)NC1CCCCC1)N(CCc1ccccc1)C(=O)CSCc1ccccc1Cl. The second-order valence-corrected chi connectivity index (χ2v) is 9.82. The molecule has 32 heavy (non-hydrogen) atoms. The summed E-state index contributed by atoms with van der Waals surface area (Å²) in [7, 11) is 0. The van der Waals surface area contributed by atoms with Crippen LogP contribution in [0, 0.1) is 0 Å². The monoisotopic (exact) mass is 472 g/mol. The number of amides is 2. The summed E-state index contributed by atoms with van der Waals surface area (Å²) in [6, 6.07) is 17.5. The molecular weight excluding hydrogens is 440 g/mol. The van der Waals surface area contributed by atoms with Gasteiger partial charge in [-0.3, -0.25) is 9.59 Å². The molecule has 0 heterocycles. The van der Waals surface area contributed by atoms with Crippen LogP contribution in [0.2, 0.25) is 5.02 Å². The summed E-state index contributed by atoms with van der Waals surface area (Å²) in [5.74, 6) is 0.931. The van der Waals surface area contributed by atoms with Crippen molar-refractivity contribution in [2.75, 3.05) is 12.3 Å². The van der Waals surface area contributed by atoms with Crippen LogP contribution in [0.3, 0.4) is 0 Å². The first-order valence-corrected chi connectivity index (χ1v) is 13.0. The zero-order chi connectivity index (χ0) is 22.8. The van der Waals surface area contributed by atoms with Gasteiger partial charge in [-0.05, 0) is 43.4 Å². The van der Waals surface area contributed by atoms with E-state index >= 15 is 0 Å². The zero-order valence-corrected chi connectivity index (χ0v) is 20.3. The molecule has 6 heteroatoms. The van der Waals surface area contributed by atoms with E-state index in [0.29, 0.717) is 23.1 Å². The first kappa shape index (κ1) is 24.7. The van der Waals surface area contributed by atoms with Crippen molar-refractivity contribution in [1.29, 1.82) is 0 Å². The van der Waals surface area contributed by atoms with Gasteiger partial charge in [-0.1, -0.05) is 79.4 Å². The lowest BCUT2D eigenvalue weighted by Crippen LogP contribution is -2.51. The largest absolute Gasteiger partial charge is 0.352 e. The van der Waals surface area contributed by atoms with Gasteiger partial charge in [0.15, 0.2) is 0 Å². The van der Waals surface area contributed by atoms with Gasteiger partial charge in [-0.25, -0.2) is 0 Å². The summed E-state index contributed by atoms with van der Waals surface area (Å²) in [6.45, 7) is 2.37. The van der Waals surface area contributed by atoms with Crippen molar-refractivity contribution in [3.8, 4) is 0 Å². The number of hydrogen-bond acceptors (Lipinski definition) is 3. The second kappa shape index (κ2) is 12.9. The number of rotatable bonds is 10. The van der Waals surface area contributed by atoms with Crippen molar-refractivity contribution in [3.05, 3.63) is 70.7 Å². The van der Waals surface area contributed by atoms with Crippen LogP contribution in [-0.4, -0.2) is 41.1 Å². The van der Waals surface area contributed by atoms with Crippen molar-refractivity contribution in [3.63, 3.8) is 0 Å². The van der Waals surface area contributed by atoms with Crippen LogP contribution in [-0.2, 0) is 21.8 Å². The van der Waals surface area contributed by atoms with E-state index in [4.69, 9.17) is 11.6 Å². The molecule has 3 rings (SSSR count). The molecule has 2 aromatic rings. The maximum absolute atomic E-state index is 13.2. The lowest BCUT2D eigenvalue weighted by molar-refractivity contribution is -0.138. The van der Waals surface area contributed by atoms with E-state index in [9.17, 15) is 9.59 Å². The number of hydrogen-bond donors (Lipinski definition) is 1. The molecule has 1 N–H and O–H groups in total. The fourth-order valence-electron chi connectivity index (χ4n) is 4.09. The van der Waals surface area contributed by atoms with Gasteiger partial charge in [0, 0.05) is 23.4 Å². The van der Waals surface area contributed by atoms with Crippen LogP contribution in [0.25, 0.3) is 0 Å². The second-order valence-electron chi connectivity index (χ2n) is 8.43. The van der Waals surface area contributed by atoms with E-state index in [1.54, 1.807) is 4.90 Å². The fraction of sp³-hybridized carbons (Fsp3) is 0.462. The Kier molecular flexibility index (Phi) is 9.94. The van der Waals surface area contributed by atoms with E-state index in [2.05, 4.69) is 17.4 Å². The number of thioether (sulfide) groups is 1. The van der Waals surface area contributed by atoms with Crippen molar-refractivity contribution in [2.45, 2.75) is 63.3 Å². The predicted molar refractivity (Wildman–Crippen MR) is 134 cm³/mol. The number of carbonyl (C=O) groups excluding carboxylic acids is 2. The third-order valence-electron chi connectivity index (χ3n) is 6.04. The molecule has 0 unspecified atom stereocenters. The Bertz CT molecular complexity index is 871. The molecule has 1 aliphatic carbocycles. The minimum absolute atomic E-state index is 0.00993. The van der Waals surface area contributed by atoms with Gasteiger partial charge in [0.25, 0.3) is 0 Å². The van der Waals surface area contributed by atoms with Gasteiger partial charge in [0.05, 0.1) is 5.75 Å². The Hall–Kier alpha value is -1.98. The highest BCUT2D eigenvalue weighted by molar-refractivity contribution is 7.99. The molecule has 4 nitrogen and oxygen atoms in total. The summed E-state index contributed by atoms with van der Waals surface area (Å²) in [4.78, 5) is 27.9. The Balaban J connectivity index is 1.60. The maximum Gasteiger partial charge on any atom is 0.242 e. The van der Waals surface area contributed by atoms with Crippen LogP contribution >= 0.6 is 23.4 Å². The molecule has 2 amide bonds. The molecule has 0 saturated heterocycles. The van der Waals surface area contributed by atoms with E-state index in [-0.39, 0.29) is 17.9 Å². The lowest BCUT2D eigenvalue weighted by atomic mass is 9.95. The van der Waals surface area contributed by atoms with E-state index < -0.39 is 6.04 Å². The molecule has 0 bridgehead atoms. The fourth-order valence-corrected chi connectivity index (χ4v) is 5.28. The first-order chi connectivity index (χ1) is 15.5. The highest BCUT2D eigenvalue weighted by Crippen LogP contribution is 2.22. The van der Waals surface area contributed by atoms with Crippen molar-refractivity contribution >= 4 is 35.2 Å². The zero-order valence-electron chi connectivity index (χ0n) is 18.8. The molecule has 1 fully saturated rings. The number of nitrogens with one attached hydrogen (secondary N) is 1. The van der Waals surface area contributed by atoms with Gasteiger partial charge in [-0.15, -0.1) is 11.8 Å². The quantitative estimate of drug-likeness (QED) is 0.498. The topological polar surface area (TPSA) is 49.4 Å². The van der Waals surface area contributed by atoms with Crippen LogP contribution in [0.1, 0.15) is 50.2 Å². The van der Waals surface area contributed by atoms with Crippen LogP contribution in [0.4, 0.5) is 0 Å². The Labute approximate surface area is 201 Å². The Morgan fingerprint density at radius 2 is 1.75 bits per heavy atom. The average molecular weight is 473 g/mol. The number of nitrogens with zero attached hydrogens (tertiary/aromatic N) is 1. The standard InChI is InChI=1S/C26H33ClN2O2S/c1-20(26(31)28-23-13-6-3-7-14-23)29(17-16-21-10-4-2-5-11-21)25(30)19-32-18-22-12-8-9-15-24(22)27/h2,4-5,8-12,15,20,23H,3,6-7,13-14,16-19H2,1H3,(H,28,31)/t20-/m1/s1. The molecule has 0 spiro atoms. The summed E-state index contributed by atoms with van der Waals surface area (Å²) in [5.41, 5.74) is 2.18. The molecular formula is C26H33ClN2O2S. The molecule has 1 atom stereocenters. The van der Waals surface area contributed by atoms with E-state index in [0.717, 1.165) is 43.2 Å². The normalized spacial score (nSPS) is 15.2. The molecule has 172 valence electrons. The van der Waals surface area contributed by atoms with Gasteiger partial charge in [0.2, 0.25) is 11.8 Å². The smallest absolute Gasteiger partial charge is 0.242 e. The summed E-state index contributed by atoms with van der Waals surface area (Å²) >= 11 is 7.78. The molecule has 1 aliphatic rings. The van der Waals surface area contributed by atoms with Crippen LogP contribution < -0.4 is 5.32 Å². The summed E-state index contributed by atoms with van der Waals surface area (Å²) in [6.07, 6.45) is 6.35. The van der Waals surface area contributed by atoms with Crippen molar-refractivity contribution in [1.82, 2.24) is 10.2 Å². The summed E-state index contributed by atoms with van der Waals surface area (Å²) in [5, 5.41) is 3.90. The van der Waals surface area contributed by atoms with E-state index in [1.807, 2.05) is 49.4 Å². The molecule has 0 aromatic heterocycles. The molecule has 1 saturated carbocycles. The van der Waals surface area contributed by atoms with Gasteiger partial charge >= 0.3 is 0 Å². The third kappa shape index (κ3) is 7.56. The Morgan fingerprint density at radius 1 is 1.06 bits per heavy atom. The highest BCUT2D eigenvalue weighted by Gasteiger charge is 2.27. The molecule has 0 aliphatic heterocycles. The minimum atomic E-state index is -0.492. The number of benzene rings is 2. The Morgan fingerprint density at radius 3 is 2.47 bits per heavy atom. The van der Waals surface area contributed by atoms with Crippen LogP contribution in [0.15, 0.2) is 54.6 Å². The average Bonchev–Trinajstić information content (AvgIpc) is 2.81. The van der Waals surface area contributed by atoms with Crippen molar-refractivity contribution < 1.29 is 9.59 Å². The predicted octanol–water partition coefficient (Wildman–Crippen LogP) is 5.48. The number of halogens is 1. The van der Waals surface area contributed by atoms with E-state index in [1.165, 1.54) is 18.2 Å². The minimum Gasteiger partial charge on any atom is -0.352 e. The molecule has 2 aromatic carbocycles. The van der Waals surface area contributed by atoms with Crippen molar-refractivity contribution in [2.24, 2.45) is 0 Å².